The maximum atomic E-state index is 10.9. The van der Waals surface area contributed by atoms with Crippen molar-refractivity contribution in [1.29, 1.82) is 0 Å². The molecule has 0 aromatic heterocycles. The largest absolute Gasteiger partial charge is 0.394 e. The first-order valence-corrected chi connectivity index (χ1v) is 12.0. The van der Waals surface area contributed by atoms with Crippen LogP contribution in [0, 0.1) is 0 Å². The summed E-state index contributed by atoms with van der Waals surface area (Å²) in [7, 11) is -2.35. The van der Waals surface area contributed by atoms with Gasteiger partial charge in [-0.15, -0.1) is 0 Å². The van der Waals surface area contributed by atoms with Gasteiger partial charge in [-0.05, 0) is 10.6 Å². The minimum Gasteiger partial charge on any atom is -0.394 e. The molecule has 5 N–H and O–H groups in total. The van der Waals surface area contributed by atoms with E-state index in [0.717, 1.165) is 0 Å². The first kappa shape index (κ1) is 21.5. The zero-order chi connectivity index (χ0) is 19.9. The van der Waals surface area contributed by atoms with Crippen LogP contribution < -0.4 is 0 Å². The molecule has 6 nitrogen and oxygen atoms in total. The van der Waals surface area contributed by atoms with Crippen molar-refractivity contribution in [3.05, 3.63) is 35.9 Å². The Morgan fingerprint density at radius 3 is 2.15 bits per heavy atom. The molecule has 0 radical (unpaired) electrons. The van der Waals surface area contributed by atoms with Crippen molar-refractivity contribution in [1.82, 2.24) is 0 Å². The number of aliphatic hydroxyl groups excluding tert-OH is 4. The molecule has 1 aromatic rings. The quantitative estimate of drug-likeness (QED) is 0.491. The average molecular weight is 385 g/mol. The highest BCUT2D eigenvalue weighted by molar-refractivity contribution is 6.81. The Hall–Kier alpha value is -0.803. The van der Waals surface area contributed by atoms with Gasteiger partial charge in [-0.1, -0.05) is 64.2 Å². The summed E-state index contributed by atoms with van der Waals surface area (Å²) in [4.78, 5) is 0. The van der Waals surface area contributed by atoms with E-state index in [1.54, 1.807) is 24.3 Å². The van der Waals surface area contributed by atoms with Crippen LogP contribution in [-0.4, -0.2) is 69.5 Å². The first-order chi connectivity index (χ1) is 11.8. The summed E-state index contributed by atoms with van der Waals surface area (Å²) in [6, 6.07) is 8.88. The molecular weight excluding hydrogens is 352 g/mol. The van der Waals surface area contributed by atoms with Crippen molar-refractivity contribution in [2.75, 3.05) is 0 Å². The highest BCUT2D eigenvalue weighted by Gasteiger charge is 2.58. The smallest absolute Gasteiger partial charge is 0.187 e. The van der Waals surface area contributed by atoms with E-state index in [1.807, 2.05) is 39.9 Å². The van der Waals surface area contributed by atoms with Crippen LogP contribution in [0.3, 0.4) is 0 Å². The van der Waals surface area contributed by atoms with Gasteiger partial charge >= 0.3 is 0 Å². The molecule has 1 aliphatic heterocycles. The normalized spacial score (nSPS) is 34.5. The molecule has 1 aliphatic rings. The number of benzene rings is 1. The number of aliphatic hydroxyl groups is 5. The molecule has 2 rings (SSSR count). The summed E-state index contributed by atoms with van der Waals surface area (Å²) in [5.74, 6) is 0. The van der Waals surface area contributed by atoms with Gasteiger partial charge in [0.2, 0.25) is 0 Å². The summed E-state index contributed by atoms with van der Waals surface area (Å²) in [6.45, 7) is 9.97. The summed E-state index contributed by atoms with van der Waals surface area (Å²) in [5, 5.41) is 53.1. The Balaban J connectivity index is 2.26. The molecule has 0 aliphatic carbocycles. The third-order valence-electron chi connectivity index (χ3n) is 6.20. The molecule has 1 heterocycles. The van der Waals surface area contributed by atoms with E-state index in [4.69, 9.17) is 4.74 Å². The van der Waals surface area contributed by atoms with Gasteiger partial charge in [-0.3, -0.25) is 0 Å². The topological polar surface area (TPSA) is 110 Å². The van der Waals surface area contributed by atoms with E-state index in [-0.39, 0.29) is 11.5 Å². The lowest BCUT2D eigenvalue weighted by Crippen LogP contribution is -2.71. The predicted octanol–water partition coefficient (Wildman–Crippen LogP) is 0.808. The van der Waals surface area contributed by atoms with E-state index in [1.165, 1.54) is 0 Å². The number of hydrogen-bond donors (Lipinski definition) is 5. The van der Waals surface area contributed by atoms with Crippen LogP contribution in [0.15, 0.2) is 30.3 Å². The van der Waals surface area contributed by atoms with Crippen LogP contribution in [0.4, 0.5) is 0 Å². The third kappa shape index (κ3) is 3.75. The zero-order valence-electron chi connectivity index (χ0n) is 16.1. The lowest BCUT2D eigenvalue weighted by molar-refractivity contribution is -0.332. The van der Waals surface area contributed by atoms with Crippen molar-refractivity contribution in [2.24, 2.45) is 0 Å². The standard InChI is InChI=1S/C19H32O6Si/c1-18(2,3)26(4,5)16(22)14-13(20)15(21)19(24,17(23)25-14)11-12-9-7-6-8-10-12/h6-10,13-17,20-24H,11H2,1-5H3/t13-,14+,15+,16?,17+,19+/m1/s1. The second kappa shape index (κ2) is 7.31. The first-order valence-electron chi connectivity index (χ1n) is 8.96. The SMILES string of the molecule is CC(C)(C)[Si](C)(C)C(O)[C@H]1O[C@H](O)[C@](O)(Cc2ccccc2)[C@@H](O)[C@@H]1O. The van der Waals surface area contributed by atoms with Gasteiger partial charge in [0.1, 0.15) is 23.9 Å². The molecule has 1 aromatic carbocycles. The van der Waals surface area contributed by atoms with E-state index in [0.29, 0.717) is 5.56 Å². The van der Waals surface area contributed by atoms with E-state index in [2.05, 4.69) is 0 Å². The molecular formula is C19H32O6Si. The molecule has 26 heavy (non-hydrogen) atoms. The van der Waals surface area contributed by atoms with Gasteiger partial charge in [0.15, 0.2) is 6.29 Å². The minimum absolute atomic E-state index is 0.0872. The van der Waals surface area contributed by atoms with Crippen LogP contribution in [0.2, 0.25) is 18.1 Å². The second-order valence-electron chi connectivity index (χ2n) is 8.96. The molecule has 7 heteroatoms. The highest BCUT2D eigenvalue weighted by Crippen LogP contribution is 2.42. The lowest BCUT2D eigenvalue weighted by Gasteiger charge is -2.51. The zero-order valence-corrected chi connectivity index (χ0v) is 17.1. The van der Waals surface area contributed by atoms with E-state index < -0.39 is 44.0 Å². The Kier molecular flexibility index (Phi) is 6.05. The van der Waals surface area contributed by atoms with Crippen molar-refractivity contribution < 1.29 is 30.3 Å². The van der Waals surface area contributed by atoms with Crippen LogP contribution in [0.25, 0.3) is 0 Å². The predicted molar refractivity (Wildman–Crippen MR) is 101 cm³/mol. The van der Waals surface area contributed by atoms with Crippen molar-refractivity contribution in [3.8, 4) is 0 Å². The fourth-order valence-corrected chi connectivity index (χ4v) is 5.18. The monoisotopic (exact) mass is 384 g/mol. The van der Waals surface area contributed by atoms with Crippen molar-refractivity contribution in [2.45, 2.75) is 81.3 Å². The van der Waals surface area contributed by atoms with Crippen LogP contribution in [0.1, 0.15) is 26.3 Å². The number of ether oxygens (including phenoxy) is 1. The summed E-state index contributed by atoms with van der Waals surface area (Å²) in [6.07, 6.45) is -6.16. The molecule has 6 atom stereocenters. The van der Waals surface area contributed by atoms with E-state index in [9.17, 15) is 25.5 Å². The number of hydrogen-bond acceptors (Lipinski definition) is 6. The summed E-state index contributed by atoms with van der Waals surface area (Å²) >= 11 is 0. The number of rotatable bonds is 4. The molecule has 0 saturated carbocycles. The molecule has 0 bridgehead atoms. The lowest BCUT2D eigenvalue weighted by atomic mass is 9.82. The Morgan fingerprint density at radius 1 is 1.12 bits per heavy atom. The Labute approximate surface area is 156 Å². The van der Waals surface area contributed by atoms with Gasteiger partial charge in [0.05, 0.1) is 13.8 Å². The molecule has 0 spiro atoms. The Bertz CT molecular complexity index is 602. The van der Waals surface area contributed by atoms with Gasteiger partial charge < -0.3 is 30.3 Å². The fourth-order valence-electron chi connectivity index (χ4n) is 3.20. The second-order valence-corrected chi connectivity index (χ2v) is 14.5. The fraction of sp³-hybridized carbons (Fsp3) is 0.684. The summed E-state index contributed by atoms with van der Waals surface area (Å²) < 4.78 is 5.48. The van der Waals surface area contributed by atoms with Crippen LogP contribution in [0.5, 0.6) is 0 Å². The molecule has 0 amide bonds. The van der Waals surface area contributed by atoms with Crippen LogP contribution in [-0.2, 0) is 11.2 Å². The molecule has 1 fully saturated rings. The van der Waals surface area contributed by atoms with Gasteiger partial charge in [-0.25, -0.2) is 0 Å². The average Bonchev–Trinajstić information content (AvgIpc) is 2.56. The minimum atomic E-state index is -2.35. The molecule has 1 unspecified atom stereocenters. The summed E-state index contributed by atoms with van der Waals surface area (Å²) in [5.41, 5.74) is -2.40. The van der Waals surface area contributed by atoms with Gasteiger partial charge in [0, 0.05) is 6.42 Å². The molecule has 148 valence electrons. The van der Waals surface area contributed by atoms with Gasteiger partial charge in [0.25, 0.3) is 0 Å². The van der Waals surface area contributed by atoms with Crippen LogP contribution >= 0.6 is 0 Å². The third-order valence-corrected chi connectivity index (χ3v) is 11.9. The maximum absolute atomic E-state index is 10.9. The van der Waals surface area contributed by atoms with Crippen molar-refractivity contribution in [3.63, 3.8) is 0 Å². The highest BCUT2D eigenvalue weighted by atomic mass is 28.3. The maximum Gasteiger partial charge on any atom is 0.187 e. The van der Waals surface area contributed by atoms with E-state index >= 15 is 0 Å². The van der Waals surface area contributed by atoms with Gasteiger partial charge in [-0.2, -0.15) is 0 Å². The Morgan fingerprint density at radius 2 is 1.65 bits per heavy atom. The molecule has 1 saturated heterocycles. The van der Waals surface area contributed by atoms with Crippen molar-refractivity contribution >= 4 is 8.07 Å².